The Kier molecular flexibility index (Phi) is 9.46. The zero-order chi connectivity index (χ0) is 12.5. The van der Waals surface area contributed by atoms with E-state index in [2.05, 4.69) is 52.0 Å². The van der Waals surface area contributed by atoms with Crippen LogP contribution in [0.4, 0.5) is 0 Å². The standard InChI is InChI=1S/C11H16.2C2H6/c1-9-5-7-10(8-6-9)11(2,3)4;2*1-2/h5-8H,1-4H3;2*1-2H3. The van der Waals surface area contributed by atoms with Crippen molar-refractivity contribution in [3.8, 4) is 0 Å². The average molecular weight is 208 g/mol. The molecule has 0 nitrogen and oxygen atoms in total. The van der Waals surface area contributed by atoms with Crippen LogP contribution < -0.4 is 0 Å². The van der Waals surface area contributed by atoms with E-state index in [1.807, 2.05) is 27.7 Å². The Morgan fingerprint density at radius 3 is 1.33 bits per heavy atom. The van der Waals surface area contributed by atoms with Crippen LogP contribution in [0.25, 0.3) is 0 Å². The van der Waals surface area contributed by atoms with Gasteiger partial charge in [0.05, 0.1) is 0 Å². The van der Waals surface area contributed by atoms with Crippen LogP contribution in [0.3, 0.4) is 0 Å². The van der Waals surface area contributed by atoms with Gasteiger partial charge < -0.3 is 0 Å². The largest absolute Gasteiger partial charge is 0.0683 e. The third-order valence-electron chi connectivity index (χ3n) is 1.92. The van der Waals surface area contributed by atoms with Crippen molar-refractivity contribution in [2.45, 2.75) is 60.8 Å². The molecule has 1 aromatic carbocycles. The molecule has 0 amide bonds. The molecule has 0 aliphatic carbocycles. The molecule has 0 heterocycles. The summed E-state index contributed by atoms with van der Waals surface area (Å²) in [4.78, 5) is 0. The minimum Gasteiger partial charge on any atom is -0.0683 e. The molecule has 15 heavy (non-hydrogen) atoms. The number of aryl methyl sites for hydroxylation is 1. The number of hydrogen-bond donors (Lipinski definition) is 0. The highest BCUT2D eigenvalue weighted by molar-refractivity contribution is 5.26. The van der Waals surface area contributed by atoms with Crippen LogP contribution in [0, 0.1) is 6.92 Å². The molecule has 0 bridgehead atoms. The van der Waals surface area contributed by atoms with Crippen LogP contribution in [0.2, 0.25) is 0 Å². The van der Waals surface area contributed by atoms with Gasteiger partial charge in [-0.25, -0.2) is 0 Å². The first-order chi connectivity index (χ1) is 7.00. The lowest BCUT2D eigenvalue weighted by Crippen LogP contribution is -2.10. The van der Waals surface area contributed by atoms with Crippen molar-refractivity contribution in [3.63, 3.8) is 0 Å². The van der Waals surface area contributed by atoms with E-state index < -0.39 is 0 Å². The molecule has 0 N–H and O–H groups in total. The molecule has 1 aromatic rings. The summed E-state index contributed by atoms with van der Waals surface area (Å²) < 4.78 is 0. The van der Waals surface area contributed by atoms with Gasteiger partial charge in [0.15, 0.2) is 0 Å². The molecule has 88 valence electrons. The minimum absolute atomic E-state index is 0.285. The summed E-state index contributed by atoms with van der Waals surface area (Å²) in [6, 6.07) is 8.74. The Bertz CT molecular complexity index is 223. The SMILES string of the molecule is CC.CC.Cc1ccc(C(C)(C)C)cc1. The van der Waals surface area contributed by atoms with E-state index in [9.17, 15) is 0 Å². The molecule has 0 atom stereocenters. The summed E-state index contributed by atoms with van der Waals surface area (Å²) >= 11 is 0. The number of benzene rings is 1. The number of hydrogen-bond acceptors (Lipinski definition) is 0. The maximum Gasteiger partial charge on any atom is -0.0132 e. The normalized spacial score (nSPS) is 9.33. The van der Waals surface area contributed by atoms with Crippen LogP contribution in [-0.2, 0) is 5.41 Å². The van der Waals surface area contributed by atoms with Crippen molar-refractivity contribution < 1.29 is 0 Å². The molecule has 0 unspecified atom stereocenters. The van der Waals surface area contributed by atoms with Gasteiger partial charge in [-0.2, -0.15) is 0 Å². The van der Waals surface area contributed by atoms with Crippen LogP contribution in [0.5, 0.6) is 0 Å². The Balaban J connectivity index is 0. The summed E-state index contributed by atoms with van der Waals surface area (Å²) in [5.41, 5.74) is 3.02. The van der Waals surface area contributed by atoms with Gasteiger partial charge in [0.25, 0.3) is 0 Å². The summed E-state index contributed by atoms with van der Waals surface area (Å²) in [5.74, 6) is 0. The molecule has 0 aliphatic rings. The lowest BCUT2D eigenvalue weighted by atomic mass is 9.87. The van der Waals surface area contributed by atoms with E-state index in [1.165, 1.54) is 11.1 Å². The van der Waals surface area contributed by atoms with Crippen LogP contribution in [0.15, 0.2) is 24.3 Å². The van der Waals surface area contributed by atoms with Crippen molar-refractivity contribution in [2.24, 2.45) is 0 Å². The molecule has 0 saturated carbocycles. The smallest absolute Gasteiger partial charge is 0.0132 e. The first kappa shape index (κ1) is 16.6. The number of rotatable bonds is 0. The van der Waals surface area contributed by atoms with E-state index in [-0.39, 0.29) is 5.41 Å². The second-order valence-electron chi connectivity index (χ2n) is 4.12. The first-order valence-corrected chi connectivity index (χ1v) is 6.07. The van der Waals surface area contributed by atoms with Crippen LogP contribution >= 0.6 is 0 Å². The third kappa shape index (κ3) is 7.18. The van der Waals surface area contributed by atoms with Gasteiger partial charge in [-0.1, -0.05) is 78.3 Å². The molecule has 0 spiro atoms. The summed E-state index contributed by atoms with van der Waals surface area (Å²) in [7, 11) is 0. The fourth-order valence-electron chi connectivity index (χ4n) is 1.05. The van der Waals surface area contributed by atoms with Gasteiger partial charge in [-0.05, 0) is 17.9 Å². The van der Waals surface area contributed by atoms with E-state index in [0.717, 1.165) is 0 Å². The van der Waals surface area contributed by atoms with Crippen LogP contribution in [-0.4, -0.2) is 0 Å². The van der Waals surface area contributed by atoms with Crippen molar-refractivity contribution in [1.82, 2.24) is 0 Å². The van der Waals surface area contributed by atoms with E-state index in [1.54, 1.807) is 0 Å². The van der Waals surface area contributed by atoms with Crippen molar-refractivity contribution in [3.05, 3.63) is 35.4 Å². The lowest BCUT2D eigenvalue weighted by molar-refractivity contribution is 0.590. The zero-order valence-electron chi connectivity index (χ0n) is 11.8. The Hall–Kier alpha value is -0.780. The Labute approximate surface area is 96.7 Å². The molecule has 0 saturated heterocycles. The third-order valence-corrected chi connectivity index (χ3v) is 1.92. The molecule has 1 rings (SSSR count). The molecular formula is C15H28. The summed E-state index contributed by atoms with van der Waals surface area (Å²) in [5, 5.41) is 0. The molecule has 0 aromatic heterocycles. The fraction of sp³-hybridized carbons (Fsp3) is 0.600. The highest BCUT2D eigenvalue weighted by atomic mass is 14.2. The van der Waals surface area contributed by atoms with Crippen molar-refractivity contribution in [2.75, 3.05) is 0 Å². The monoisotopic (exact) mass is 208 g/mol. The molecule has 0 heteroatoms. The van der Waals surface area contributed by atoms with Gasteiger partial charge in [-0.3, -0.25) is 0 Å². The minimum atomic E-state index is 0.285. The first-order valence-electron chi connectivity index (χ1n) is 6.07. The zero-order valence-corrected chi connectivity index (χ0v) is 11.8. The van der Waals surface area contributed by atoms with Crippen molar-refractivity contribution in [1.29, 1.82) is 0 Å². The van der Waals surface area contributed by atoms with E-state index in [4.69, 9.17) is 0 Å². The highest BCUT2D eigenvalue weighted by Crippen LogP contribution is 2.21. The van der Waals surface area contributed by atoms with Gasteiger partial charge in [0.2, 0.25) is 0 Å². The molecule has 0 radical (unpaired) electrons. The van der Waals surface area contributed by atoms with E-state index in [0.29, 0.717) is 0 Å². The summed E-state index contributed by atoms with van der Waals surface area (Å²) in [6.45, 7) is 16.8. The molecular weight excluding hydrogens is 180 g/mol. The van der Waals surface area contributed by atoms with Crippen molar-refractivity contribution >= 4 is 0 Å². The molecule has 0 fully saturated rings. The maximum absolute atomic E-state index is 2.23. The average Bonchev–Trinajstić information content (AvgIpc) is 2.23. The Morgan fingerprint density at radius 1 is 0.733 bits per heavy atom. The predicted molar refractivity (Wildman–Crippen MR) is 72.6 cm³/mol. The van der Waals surface area contributed by atoms with E-state index >= 15 is 0 Å². The fourth-order valence-corrected chi connectivity index (χ4v) is 1.05. The van der Waals surface area contributed by atoms with Gasteiger partial charge >= 0.3 is 0 Å². The van der Waals surface area contributed by atoms with Gasteiger partial charge in [-0.15, -0.1) is 0 Å². The predicted octanol–water partition coefficient (Wildman–Crippen LogP) is 5.34. The maximum atomic E-state index is 2.23. The topological polar surface area (TPSA) is 0 Å². The summed E-state index contributed by atoms with van der Waals surface area (Å²) in [6.07, 6.45) is 0. The van der Waals surface area contributed by atoms with Gasteiger partial charge in [0.1, 0.15) is 0 Å². The quantitative estimate of drug-likeness (QED) is 0.539. The second kappa shape index (κ2) is 8.52. The second-order valence-corrected chi connectivity index (χ2v) is 4.12. The highest BCUT2D eigenvalue weighted by Gasteiger charge is 2.11. The Morgan fingerprint density at radius 2 is 1.07 bits per heavy atom. The van der Waals surface area contributed by atoms with Gasteiger partial charge in [0, 0.05) is 0 Å². The molecule has 0 aliphatic heterocycles. The lowest BCUT2D eigenvalue weighted by Gasteiger charge is -2.18. The van der Waals surface area contributed by atoms with Crippen LogP contribution in [0.1, 0.15) is 59.6 Å².